The van der Waals surface area contributed by atoms with Crippen LogP contribution >= 0.6 is 0 Å². The minimum atomic E-state index is -0.356. The number of para-hydroxylation sites is 1. The van der Waals surface area contributed by atoms with Gasteiger partial charge in [0, 0.05) is 12.6 Å². The number of aryl methyl sites for hydroxylation is 1. The van der Waals surface area contributed by atoms with Crippen molar-refractivity contribution < 1.29 is 9.21 Å². The fourth-order valence-electron chi connectivity index (χ4n) is 4.16. The average molecular weight is 405 g/mol. The second-order valence-corrected chi connectivity index (χ2v) is 7.89. The Morgan fingerprint density at radius 1 is 1.07 bits per heavy atom. The number of carbonyl (C=O) groups is 1. The first kappa shape index (κ1) is 20.4. The van der Waals surface area contributed by atoms with Crippen molar-refractivity contribution in [3.05, 3.63) is 81.7 Å². The number of fused-ring (bicyclic) bond motifs is 1. The van der Waals surface area contributed by atoms with Gasteiger partial charge in [-0.1, -0.05) is 49.7 Å². The Morgan fingerprint density at radius 3 is 2.53 bits per heavy atom. The van der Waals surface area contributed by atoms with Crippen molar-refractivity contribution in [2.75, 3.05) is 19.6 Å². The van der Waals surface area contributed by atoms with Gasteiger partial charge in [-0.15, -0.1) is 0 Å². The van der Waals surface area contributed by atoms with Crippen molar-refractivity contribution in [2.45, 2.75) is 38.6 Å². The van der Waals surface area contributed by atoms with Crippen molar-refractivity contribution in [1.29, 1.82) is 0 Å². The molecule has 0 saturated carbocycles. The lowest BCUT2D eigenvalue weighted by Crippen LogP contribution is -2.40. The van der Waals surface area contributed by atoms with Crippen molar-refractivity contribution in [2.24, 2.45) is 0 Å². The van der Waals surface area contributed by atoms with Gasteiger partial charge >= 0.3 is 0 Å². The van der Waals surface area contributed by atoms with E-state index in [0.717, 1.165) is 19.5 Å². The first-order valence-electron chi connectivity index (χ1n) is 10.8. The summed E-state index contributed by atoms with van der Waals surface area (Å²) >= 11 is 0. The molecule has 0 aliphatic carbocycles. The molecule has 1 aliphatic heterocycles. The Morgan fingerprint density at radius 2 is 1.80 bits per heavy atom. The quantitative estimate of drug-likeness (QED) is 0.665. The molecule has 1 N–H and O–H groups in total. The molecule has 30 heavy (non-hydrogen) atoms. The molecule has 0 spiro atoms. The molecule has 1 aromatic heterocycles. The number of benzene rings is 2. The highest BCUT2D eigenvalue weighted by Gasteiger charge is 2.23. The maximum Gasteiger partial charge on any atom is 0.287 e. The van der Waals surface area contributed by atoms with Crippen LogP contribution in [0.2, 0.25) is 0 Å². The molecule has 1 atom stereocenters. The third-order valence-electron chi connectivity index (χ3n) is 5.92. The van der Waals surface area contributed by atoms with Crippen LogP contribution in [0.5, 0.6) is 0 Å². The Kier molecular flexibility index (Phi) is 6.29. The standard InChI is InChI=1S/C25H28N2O3/c1-2-18-10-12-19(13-11-18)21(27-14-6-3-7-15-27)17-26-25(29)24-16-22(28)20-8-4-5-9-23(20)30-24/h4-5,8-13,16,21H,2-3,6-7,14-15,17H2,1H3,(H,26,29). The zero-order chi connectivity index (χ0) is 20.9. The van der Waals surface area contributed by atoms with Gasteiger partial charge in [-0.2, -0.15) is 0 Å². The highest BCUT2D eigenvalue weighted by Crippen LogP contribution is 2.25. The molecule has 3 aromatic rings. The number of rotatable bonds is 6. The highest BCUT2D eigenvalue weighted by atomic mass is 16.3. The van der Waals surface area contributed by atoms with Crippen molar-refractivity contribution >= 4 is 16.9 Å². The number of nitrogens with one attached hydrogen (secondary N) is 1. The van der Waals surface area contributed by atoms with Crippen molar-refractivity contribution in [3.63, 3.8) is 0 Å². The molecule has 1 unspecified atom stereocenters. The number of nitrogens with zero attached hydrogens (tertiary/aromatic N) is 1. The fourth-order valence-corrected chi connectivity index (χ4v) is 4.16. The van der Waals surface area contributed by atoms with E-state index in [9.17, 15) is 9.59 Å². The second-order valence-electron chi connectivity index (χ2n) is 7.89. The summed E-state index contributed by atoms with van der Waals surface area (Å²) in [6, 6.07) is 17.0. The maximum absolute atomic E-state index is 12.8. The SMILES string of the molecule is CCc1ccc(C(CNC(=O)c2cc(=O)c3ccccc3o2)N2CCCCC2)cc1. The summed E-state index contributed by atoms with van der Waals surface area (Å²) in [7, 11) is 0. The number of amides is 1. The summed E-state index contributed by atoms with van der Waals surface area (Å²) in [4.78, 5) is 27.6. The van der Waals surface area contributed by atoms with Crippen LogP contribution in [0.25, 0.3) is 11.0 Å². The summed E-state index contributed by atoms with van der Waals surface area (Å²) in [5.41, 5.74) is 2.73. The number of hydrogen-bond donors (Lipinski definition) is 1. The third kappa shape index (κ3) is 4.46. The van der Waals surface area contributed by atoms with E-state index in [4.69, 9.17) is 4.42 Å². The van der Waals surface area contributed by atoms with Gasteiger partial charge in [0.2, 0.25) is 0 Å². The van der Waals surface area contributed by atoms with Gasteiger partial charge in [-0.05, 0) is 55.6 Å². The van der Waals surface area contributed by atoms with E-state index in [1.807, 2.05) is 0 Å². The molecular weight excluding hydrogens is 376 g/mol. The second kappa shape index (κ2) is 9.26. The Balaban J connectivity index is 1.54. The molecule has 5 heteroatoms. The fraction of sp³-hybridized carbons (Fsp3) is 0.360. The van der Waals surface area contributed by atoms with Gasteiger partial charge in [-0.25, -0.2) is 0 Å². The van der Waals surface area contributed by atoms with Gasteiger partial charge < -0.3 is 9.73 Å². The lowest BCUT2D eigenvalue weighted by Gasteiger charge is -2.35. The molecule has 4 rings (SSSR count). The predicted octanol–water partition coefficient (Wildman–Crippen LogP) is 4.31. The van der Waals surface area contributed by atoms with E-state index >= 15 is 0 Å². The van der Waals surface area contributed by atoms with Crippen molar-refractivity contribution in [3.8, 4) is 0 Å². The molecule has 0 bridgehead atoms. The van der Waals surface area contributed by atoms with Crippen LogP contribution < -0.4 is 10.7 Å². The molecule has 2 heterocycles. The summed E-state index contributed by atoms with van der Waals surface area (Å²) in [6.07, 6.45) is 4.62. The molecule has 1 saturated heterocycles. The maximum atomic E-state index is 12.8. The topological polar surface area (TPSA) is 62.6 Å². The summed E-state index contributed by atoms with van der Waals surface area (Å²) in [6.45, 7) is 4.68. The van der Waals surface area contributed by atoms with Gasteiger partial charge in [-0.3, -0.25) is 14.5 Å². The molecule has 1 amide bonds. The minimum Gasteiger partial charge on any atom is -0.451 e. The predicted molar refractivity (Wildman–Crippen MR) is 119 cm³/mol. The molecule has 5 nitrogen and oxygen atoms in total. The largest absolute Gasteiger partial charge is 0.451 e. The summed E-state index contributed by atoms with van der Waals surface area (Å²) in [5.74, 6) is -0.303. The summed E-state index contributed by atoms with van der Waals surface area (Å²) in [5, 5.41) is 3.48. The molecule has 1 fully saturated rings. The molecule has 1 aliphatic rings. The number of likely N-dealkylation sites (tertiary alicyclic amines) is 1. The van der Waals surface area contributed by atoms with Crippen molar-refractivity contribution in [1.82, 2.24) is 10.2 Å². The molecular formula is C25H28N2O3. The highest BCUT2D eigenvalue weighted by molar-refractivity contribution is 5.93. The lowest BCUT2D eigenvalue weighted by molar-refractivity contribution is 0.0897. The summed E-state index contributed by atoms with van der Waals surface area (Å²) < 4.78 is 5.69. The Labute approximate surface area is 176 Å². The van der Waals surface area contributed by atoms with Crippen LogP contribution in [-0.4, -0.2) is 30.4 Å². The zero-order valence-corrected chi connectivity index (χ0v) is 17.4. The Hall–Kier alpha value is -2.92. The lowest BCUT2D eigenvalue weighted by atomic mass is 9.99. The number of piperidine rings is 1. The molecule has 156 valence electrons. The van der Waals surface area contributed by atoms with E-state index < -0.39 is 0 Å². The van der Waals surface area contributed by atoms with Crippen LogP contribution in [0.3, 0.4) is 0 Å². The van der Waals surface area contributed by atoms with E-state index in [-0.39, 0.29) is 23.1 Å². The van der Waals surface area contributed by atoms with Gasteiger partial charge in [0.15, 0.2) is 11.2 Å². The molecule has 2 aromatic carbocycles. The Bertz CT molecular complexity index is 1070. The van der Waals surface area contributed by atoms with Gasteiger partial charge in [0.05, 0.1) is 11.4 Å². The van der Waals surface area contributed by atoms with Crippen LogP contribution in [0, 0.1) is 0 Å². The minimum absolute atomic E-state index is 0.0532. The first-order valence-corrected chi connectivity index (χ1v) is 10.8. The number of hydrogen-bond acceptors (Lipinski definition) is 4. The molecule has 0 radical (unpaired) electrons. The van der Waals surface area contributed by atoms with Crippen LogP contribution in [0.15, 0.2) is 63.8 Å². The van der Waals surface area contributed by atoms with E-state index in [0.29, 0.717) is 17.5 Å². The van der Waals surface area contributed by atoms with E-state index in [1.165, 1.54) is 36.5 Å². The van der Waals surface area contributed by atoms with Gasteiger partial charge in [0.25, 0.3) is 5.91 Å². The third-order valence-corrected chi connectivity index (χ3v) is 5.92. The first-order chi connectivity index (χ1) is 14.7. The van der Waals surface area contributed by atoms with E-state index in [1.54, 1.807) is 24.3 Å². The van der Waals surface area contributed by atoms with E-state index in [2.05, 4.69) is 41.4 Å². The average Bonchev–Trinajstić information content (AvgIpc) is 2.80. The zero-order valence-electron chi connectivity index (χ0n) is 17.4. The normalized spacial score (nSPS) is 15.8. The monoisotopic (exact) mass is 404 g/mol. The smallest absolute Gasteiger partial charge is 0.287 e. The number of carbonyl (C=O) groups excluding carboxylic acids is 1. The van der Waals surface area contributed by atoms with Gasteiger partial charge in [0.1, 0.15) is 5.58 Å². The van der Waals surface area contributed by atoms with Crippen LogP contribution in [0.4, 0.5) is 0 Å². The van der Waals surface area contributed by atoms with Crippen LogP contribution in [-0.2, 0) is 6.42 Å². The van der Waals surface area contributed by atoms with Crippen LogP contribution in [0.1, 0.15) is 53.9 Å².